The molecule has 0 bridgehead atoms. The first-order chi connectivity index (χ1) is 14.7. The van der Waals surface area contributed by atoms with Crippen LogP contribution in [0.2, 0.25) is 0 Å². The van der Waals surface area contributed by atoms with Gasteiger partial charge in [0.1, 0.15) is 18.2 Å². The van der Waals surface area contributed by atoms with E-state index in [1.54, 1.807) is 6.08 Å². The number of benzene rings is 3. The van der Waals surface area contributed by atoms with Crippen molar-refractivity contribution >= 4 is 12.0 Å². The van der Waals surface area contributed by atoms with E-state index in [0.717, 1.165) is 35.5 Å². The van der Waals surface area contributed by atoms with Crippen LogP contribution in [0.5, 0.6) is 11.5 Å². The van der Waals surface area contributed by atoms with Crippen LogP contribution in [0.1, 0.15) is 30.0 Å². The van der Waals surface area contributed by atoms with Crippen LogP contribution in [-0.4, -0.2) is 23.1 Å². The largest absolute Gasteiger partial charge is 0.457 e. The molecule has 0 aromatic heterocycles. The summed E-state index contributed by atoms with van der Waals surface area (Å²) < 4.78 is 11.9. The van der Waals surface area contributed by atoms with E-state index in [1.165, 1.54) is 0 Å². The van der Waals surface area contributed by atoms with Gasteiger partial charge in [-0.3, -0.25) is 4.79 Å². The minimum absolute atomic E-state index is 0.0244. The molecule has 2 aliphatic rings. The Labute approximate surface area is 176 Å². The fourth-order valence-corrected chi connectivity index (χ4v) is 4.06. The molecule has 1 saturated heterocycles. The molecule has 1 spiro atoms. The van der Waals surface area contributed by atoms with E-state index in [9.17, 15) is 4.79 Å². The summed E-state index contributed by atoms with van der Waals surface area (Å²) in [5.74, 6) is 1.48. The van der Waals surface area contributed by atoms with Crippen molar-refractivity contribution in [2.75, 3.05) is 6.73 Å². The number of nitrogens with zero attached hydrogens (tertiary/aromatic N) is 1. The number of carbonyl (C=O) groups is 1. The molecule has 1 heterocycles. The molecule has 4 nitrogen and oxygen atoms in total. The van der Waals surface area contributed by atoms with E-state index in [0.29, 0.717) is 6.73 Å². The van der Waals surface area contributed by atoms with Gasteiger partial charge in [0.2, 0.25) is 5.91 Å². The molecule has 0 N–H and O–H groups in total. The van der Waals surface area contributed by atoms with E-state index >= 15 is 0 Å². The zero-order valence-corrected chi connectivity index (χ0v) is 16.6. The van der Waals surface area contributed by atoms with Crippen LogP contribution in [0.4, 0.5) is 0 Å². The smallest absolute Gasteiger partial charge is 0.249 e. The molecule has 1 amide bonds. The minimum Gasteiger partial charge on any atom is -0.457 e. The zero-order chi connectivity index (χ0) is 20.4. The normalized spacial score (nSPS) is 19.3. The summed E-state index contributed by atoms with van der Waals surface area (Å²) in [6, 6.07) is 27.5. The second kappa shape index (κ2) is 7.81. The average molecular weight is 397 g/mol. The molecule has 0 unspecified atom stereocenters. The Hall–Kier alpha value is -3.37. The standard InChI is InChI=1S/C26H23NO3/c28-24(27-19-29-26(16-17-26)25(27)21-9-3-1-4-10-21)15-14-20-8-7-13-23(18-20)30-22-11-5-2-6-12-22/h1-15,18,25H,16-17,19H2/b15-14+/t25-/m0/s1. The number of hydrogen-bond donors (Lipinski definition) is 0. The highest BCUT2D eigenvalue weighted by atomic mass is 16.5. The highest BCUT2D eigenvalue weighted by Crippen LogP contribution is 2.55. The van der Waals surface area contributed by atoms with E-state index in [1.807, 2.05) is 83.8 Å². The van der Waals surface area contributed by atoms with Gasteiger partial charge in [0.15, 0.2) is 0 Å². The van der Waals surface area contributed by atoms with Gasteiger partial charge in [-0.1, -0.05) is 60.7 Å². The van der Waals surface area contributed by atoms with Gasteiger partial charge in [0.25, 0.3) is 0 Å². The van der Waals surface area contributed by atoms with Crippen LogP contribution in [0.15, 0.2) is 91.0 Å². The third-order valence-corrected chi connectivity index (χ3v) is 5.70. The van der Waals surface area contributed by atoms with Crippen LogP contribution < -0.4 is 4.74 Å². The maximum atomic E-state index is 13.0. The summed E-state index contributed by atoms with van der Waals surface area (Å²) in [7, 11) is 0. The Balaban J connectivity index is 1.32. The van der Waals surface area contributed by atoms with Gasteiger partial charge >= 0.3 is 0 Å². The van der Waals surface area contributed by atoms with Crippen molar-refractivity contribution in [2.24, 2.45) is 0 Å². The van der Waals surface area contributed by atoms with Gasteiger partial charge in [-0.05, 0) is 54.3 Å². The van der Waals surface area contributed by atoms with Gasteiger partial charge < -0.3 is 14.4 Å². The quantitative estimate of drug-likeness (QED) is 0.528. The molecule has 5 rings (SSSR count). The molecular weight excluding hydrogens is 374 g/mol. The molecule has 1 aliphatic heterocycles. The molecule has 3 aromatic carbocycles. The molecule has 30 heavy (non-hydrogen) atoms. The first kappa shape index (κ1) is 18.6. The van der Waals surface area contributed by atoms with E-state index in [2.05, 4.69) is 12.1 Å². The molecule has 2 fully saturated rings. The summed E-state index contributed by atoms with van der Waals surface area (Å²) in [5, 5.41) is 0. The summed E-state index contributed by atoms with van der Waals surface area (Å²) in [4.78, 5) is 14.9. The molecule has 4 heteroatoms. The van der Waals surface area contributed by atoms with Crippen molar-refractivity contribution in [2.45, 2.75) is 24.5 Å². The lowest BCUT2D eigenvalue weighted by atomic mass is 9.99. The number of amides is 1. The monoisotopic (exact) mass is 397 g/mol. The Kier molecular flexibility index (Phi) is 4.85. The lowest BCUT2D eigenvalue weighted by Gasteiger charge is -2.25. The maximum Gasteiger partial charge on any atom is 0.249 e. The third-order valence-electron chi connectivity index (χ3n) is 5.70. The van der Waals surface area contributed by atoms with Crippen molar-refractivity contribution in [1.29, 1.82) is 0 Å². The molecular formula is C26H23NO3. The van der Waals surface area contributed by atoms with Gasteiger partial charge in [-0.15, -0.1) is 0 Å². The van der Waals surface area contributed by atoms with Crippen molar-refractivity contribution in [3.8, 4) is 11.5 Å². The maximum absolute atomic E-state index is 13.0. The SMILES string of the molecule is O=C(/C=C/c1cccc(Oc2ccccc2)c1)N1COC2(CC2)[C@@H]1c1ccccc1. The van der Waals surface area contributed by atoms with Crippen LogP contribution in [-0.2, 0) is 9.53 Å². The van der Waals surface area contributed by atoms with Crippen LogP contribution in [0, 0.1) is 0 Å². The Morgan fingerprint density at radius 2 is 1.63 bits per heavy atom. The Morgan fingerprint density at radius 1 is 0.933 bits per heavy atom. The number of rotatable bonds is 5. The van der Waals surface area contributed by atoms with Crippen LogP contribution in [0.3, 0.4) is 0 Å². The topological polar surface area (TPSA) is 38.8 Å². The highest BCUT2D eigenvalue weighted by molar-refractivity contribution is 5.92. The predicted molar refractivity (Wildman–Crippen MR) is 116 cm³/mol. The first-order valence-electron chi connectivity index (χ1n) is 10.2. The number of hydrogen-bond acceptors (Lipinski definition) is 3. The minimum atomic E-state index is -0.200. The second-order valence-electron chi connectivity index (χ2n) is 7.78. The molecule has 3 aromatic rings. The second-order valence-corrected chi connectivity index (χ2v) is 7.78. The summed E-state index contributed by atoms with van der Waals surface area (Å²) in [5.41, 5.74) is 1.84. The summed E-state index contributed by atoms with van der Waals surface area (Å²) in [6.45, 7) is 0.333. The third kappa shape index (κ3) is 3.74. The van der Waals surface area contributed by atoms with Crippen LogP contribution in [0.25, 0.3) is 6.08 Å². The van der Waals surface area contributed by atoms with E-state index in [-0.39, 0.29) is 17.6 Å². The molecule has 150 valence electrons. The number of carbonyl (C=O) groups excluding carboxylic acids is 1. The molecule has 1 aliphatic carbocycles. The van der Waals surface area contributed by atoms with Crippen molar-refractivity contribution in [3.05, 3.63) is 102 Å². The van der Waals surface area contributed by atoms with Gasteiger partial charge in [0, 0.05) is 6.08 Å². The highest BCUT2D eigenvalue weighted by Gasteiger charge is 2.58. The zero-order valence-electron chi connectivity index (χ0n) is 16.6. The lowest BCUT2D eigenvalue weighted by Crippen LogP contribution is -2.32. The van der Waals surface area contributed by atoms with Crippen LogP contribution >= 0.6 is 0 Å². The fraction of sp³-hybridized carbons (Fsp3) is 0.192. The van der Waals surface area contributed by atoms with Crippen molar-refractivity contribution in [3.63, 3.8) is 0 Å². The van der Waals surface area contributed by atoms with E-state index in [4.69, 9.17) is 9.47 Å². The van der Waals surface area contributed by atoms with Gasteiger partial charge in [0.05, 0.1) is 11.6 Å². The summed E-state index contributed by atoms with van der Waals surface area (Å²) >= 11 is 0. The lowest BCUT2D eigenvalue weighted by molar-refractivity contribution is -0.128. The van der Waals surface area contributed by atoms with Crippen molar-refractivity contribution in [1.82, 2.24) is 4.90 Å². The average Bonchev–Trinajstić information content (AvgIpc) is 3.46. The Bertz CT molecular complexity index is 1060. The van der Waals surface area contributed by atoms with Gasteiger partial charge in [-0.2, -0.15) is 0 Å². The predicted octanol–water partition coefficient (Wildman–Crippen LogP) is 5.58. The fourth-order valence-electron chi connectivity index (χ4n) is 4.06. The van der Waals surface area contributed by atoms with E-state index < -0.39 is 0 Å². The number of para-hydroxylation sites is 1. The van der Waals surface area contributed by atoms with Crippen molar-refractivity contribution < 1.29 is 14.3 Å². The summed E-state index contributed by atoms with van der Waals surface area (Å²) in [6.07, 6.45) is 5.46. The molecule has 0 radical (unpaired) electrons. The van der Waals surface area contributed by atoms with Gasteiger partial charge in [-0.25, -0.2) is 0 Å². The molecule has 1 saturated carbocycles. The molecule has 1 atom stereocenters. The number of ether oxygens (including phenoxy) is 2. The first-order valence-corrected chi connectivity index (χ1v) is 10.2. The Morgan fingerprint density at radius 3 is 2.37 bits per heavy atom.